The molecular formula is C18H26N2O. The van der Waals surface area contributed by atoms with Gasteiger partial charge in [-0.15, -0.1) is 0 Å². The minimum Gasteiger partial charge on any atom is -0.348 e. The maximum atomic E-state index is 12.9. The van der Waals surface area contributed by atoms with E-state index in [-0.39, 0.29) is 17.5 Å². The Bertz CT molecular complexity index is 542. The molecule has 1 aromatic carbocycles. The molecule has 2 aliphatic heterocycles. The van der Waals surface area contributed by atoms with E-state index in [0.29, 0.717) is 0 Å². The first-order valence-corrected chi connectivity index (χ1v) is 8.17. The van der Waals surface area contributed by atoms with Gasteiger partial charge in [0.1, 0.15) is 5.54 Å². The van der Waals surface area contributed by atoms with Crippen LogP contribution in [0.25, 0.3) is 0 Å². The summed E-state index contributed by atoms with van der Waals surface area (Å²) in [4.78, 5) is 15.3. The molecule has 1 atom stereocenters. The van der Waals surface area contributed by atoms with Gasteiger partial charge in [-0.25, -0.2) is 0 Å². The number of fused-ring (bicyclic) bond motifs is 1. The first kappa shape index (κ1) is 14.6. The Morgan fingerprint density at radius 1 is 1.24 bits per heavy atom. The monoisotopic (exact) mass is 286 g/mol. The Balaban J connectivity index is 1.77. The molecule has 114 valence electrons. The standard InChI is InChI=1S/C18H26N2O/c1-13-7-4-8-16(14(13)2)15(3)19-17(21)18-9-5-11-20(18)12-6-10-18/h4,7-8,15H,5-6,9-12H2,1-3H3,(H,19,21). The zero-order valence-electron chi connectivity index (χ0n) is 13.4. The average Bonchev–Trinajstić information content (AvgIpc) is 3.01. The molecule has 1 aromatic rings. The summed E-state index contributed by atoms with van der Waals surface area (Å²) in [6.45, 7) is 8.55. The summed E-state index contributed by atoms with van der Waals surface area (Å²) in [7, 11) is 0. The fourth-order valence-corrected chi connectivity index (χ4v) is 4.13. The van der Waals surface area contributed by atoms with Crippen molar-refractivity contribution in [1.82, 2.24) is 10.2 Å². The maximum Gasteiger partial charge on any atom is 0.241 e. The molecule has 0 aliphatic carbocycles. The molecule has 1 unspecified atom stereocenters. The van der Waals surface area contributed by atoms with Crippen molar-refractivity contribution >= 4 is 5.91 Å². The Morgan fingerprint density at radius 2 is 1.90 bits per heavy atom. The van der Waals surface area contributed by atoms with Gasteiger partial charge in [-0.2, -0.15) is 0 Å². The van der Waals surface area contributed by atoms with Crippen molar-refractivity contribution in [2.24, 2.45) is 0 Å². The van der Waals surface area contributed by atoms with Gasteiger partial charge in [0.25, 0.3) is 0 Å². The van der Waals surface area contributed by atoms with Crippen molar-refractivity contribution in [3.63, 3.8) is 0 Å². The summed E-state index contributed by atoms with van der Waals surface area (Å²) in [5, 5.41) is 3.29. The van der Waals surface area contributed by atoms with Gasteiger partial charge >= 0.3 is 0 Å². The summed E-state index contributed by atoms with van der Waals surface area (Å²) < 4.78 is 0. The van der Waals surface area contributed by atoms with E-state index in [1.54, 1.807) is 0 Å². The Labute approximate surface area is 127 Å². The Hall–Kier alpha value is -1.35. The fraction of sp³-hybridized carbons (Fsp3) is 0.611. The first-order chi connectivity index (χ1) is 10.0. The Morgan fingerprint density at radius 3 is 2.57 bits per heavy atom. The smallest absolute Gasteiger partial charge is 0.241 e. The number of amides is 1. The molecule has 2 aliphatic rings. The number of rotatable bonds is 3. The van der Waals surface area contributed by atoms with Gasteiger partial charge < -0.3 is 5.32 Å². The number of carbonyl (C=O) groups excluding carboxylic acids is 1. The predicted molar refractivity (Wildman–Crippen MR) is 85.2 cm³/mol. The fourth-order valence-electron chi connectivity index (χ4n) is 4.13. The van der Waals surface area contributed by atoms with Crippen LogP contribution in [0, 0.1) is 13.8 Å². The predicted octanol–water partition coefficient (Wildman–Crippen LogP) is 3.11. The van der Waals surface area contributed by atoms with Crippen LogP contribution in [0.3, 0.4) is 0 Å². The number of hydrogen-bond acceptors (Lipinski definition) is 2. The van der Waals surface area contributed by atoms with Crippen molar-refractivity contribution in [3.05, 3.63) is 34.9 Å². The molecule has 21 heavy (non-hydrogen) atoms. The van der Waals surface area contributed by atoms with Crippen LogP contribution in [0.2, 0.25) is 0 Å². The third-order valence-electron chi connectivity index (χ3n) is 5.53. The minimum absolute atomic E-state index is 0.0785. The van der Waals surface area contributed by atoms with E-state index in [4.69, 9.17) is 0 Å². The van der Waals surface area contributed by atoms with Crippen LogP contribution in [0.5, 0.6) is 0 Å². The lowest BCUT2D eigenvalue weighted by molar-refractivity contribution is -0.131. The highest BCUT2D eigenvalue weighted by molar-refractivity contribution is 5.87. The molecule has 0 aromatic heterocycles. The molecule has 0 spiro atoms. The molecule has 2 saturated heterocycles. The first-order valence-electron chi connectivity index (χ1n) is 8.17. The van der Waals surface area contributed by atoms with Crippen LogP contribution >= 0.6 is 0 Å². The lowest BCUT2D eigenvalue weighted by Crippen LogP contribution is -2.52. The molecule has 2 fully saturated rings. The average molecular weight is 286 g/mol. The zero-order valence-corrected chi connectivity index (χ0v) is 13.4. The number of hydrogen-bond donors (Lipinski definition) is 1. The highest BCUT2D eigenvalue weighted by atomic mass is 16.2. The van der Waals surface area contributed by atoms with Gasteiger partial charge in [-0.1, -0.05) is 18.2 Å². The number of aryl methyl sites for hydroxylation is 1. The molecule has 3 rings (SSSR count). The second-order valence-corrected chi connectivity index (χ2v) is 6.71. The van der Waals surface area contributed by atoms with Gasteiger partial charge in [0.15, 0.2) is 0 Å². The molecular weight excluding hydrogens is 260 g/mol. The van der Waals surface area contributed by atoms with Crippen molar-refractivity contribution in [2.75, 3.05) is 13.1 Å². The Kier molecular flexibility index (Phi) is 3.78. The van der Waals surface area contributed by atoms with E-state index in [9.17, 15) is 4.79 Å². The van der Waals surface area contributed by atoms with E-state index in [1.165, 1.54) is 16.7 Å². The van der Waals surface area contributed by atoms with Crippen LogP contribution in [-0.2, 0) is 4.79 Å². The third-order valence-corrected chi connectivity index (χ3v) is 5.53. The van der Waals surface area contributed by atoms with E-state index < -0.39 is 0 Å². The van der Waals surface area contributed by atoms with E-state index in [1.807, 2.05) is 0 Å². The number of nitrogens with one attached hydrogen (secondary N) is 1. The molecule has 2 heterocycles. The summed E-state index contributed by atoms with van der Waals surface area (Å²) in [5.41, 5.74) is 3.61. The maximum absolute atomic E-state index is 12.9. The summed E-state index contributed by atoms with van der Waals surface area (Å²) in [6.07, 6.45) is 4.37. The summed E-state index contributed by atoms with van der Waals surface area (Å²) >= 11 is 0. The SMILES string of the molecule is Cc1cccc(C(C)NC(=O)C23CCCN2CCC3)c1C. The van der Waals surface area contributed by atoms with Crippen molar-refractivity contribution < 1.29 is 4.79 Å². The van der Waals surface area contributed by atoms with Crippen LogP contribution in [0.4, 0.5) is 0 Å². The van der Waals surface area contributed by atoms with E-state index >= 15 is 0 Å². The van der Waals surface area contributed by atoms with Crippen molar-refractivity contribution in [2.45, 2.75) is 58.0 Å². The van der Waals surface area contributed by atoms with Gasteiger partial charge in [-0.05, 0) is 76.2 Å². The lowest BCUT2D eigenvalue weighted by atomic mass is 9.91. The molecule has 3 nitrogen and oxygen atoms in total. The molecule has 1 amide bonds. The highest BCUT2D eigenvalue weighted by Gasteiger charge is 2.50. The van der Waals surface area contributed by atoms with E-state index in [2.05, 4.69) is 49.2 Å². The van der Waals surface area contributed by atoms with Crippen molar-refractivity contribution in [1.29, 1.82) is 0 Å². The van der Waals surface area contributed by atoms with Crippen LogP contribution in [0.1, 0.15) is 55.3 Å². The van der Waals surface area contributed by atoms with Crippen LogP contribution in [0.15, 0.2) is 18.2 Å². The number of benzene rings is 1. The molecule has 0 saturated carbocycles. The second-order valence-electron chi connectivity index (χ2n) is 6.71. The molecule has 1 N–H and O–H groups in total. The normalized spacial score (nSPS) is 22.0. The molecule has 0 radical (unpaired) electrons. The molecule has 3 heteroatoms. The van der Waals surface area contributed by atoms with Gasteiger partial charge in [0.05, 0.1) is 6.04 Å². The number of nitrogens with zero attached hydrogens (tertiary/aromatic N) is 1. The number of carbonyl (C=O) groups is 1. The quantitative estimate of drug-likeness (QED) is 0.926. The zero-order chi connectivity index (χ0) is 15.0. The van der Waals surface area contributed by atoms with Gasteiger partial charge in [-0.3, -0.25) is 9.69 Å². The van der Waals surface area contributed by atoms with Gasteiger partial charge in [0.2, 0.25) is 5.91 Å². The summed E-state index contributed by atoms with van der Waals surface area (Å²) in [6, 6.07) is 6.42. The second kappa shape index (κ2) is 5.45. The van der Waals surface area contributed by atoms with Crippen LogP contribution < -0.4 is 5.32 Å². The topological polar surface area (TPSA) is 32.3 Å². The van der Waals surface area contributed by atoms with E-state index in [0.717, 1.165) is 38.8 Å². The van der Waals surface area contributed by atoms with Crippen LogP contribution in [-0.4, -0.2) is 29.4 Å². The van der Waals surface area contributed by atoms with Gasteiger partial charge in [0, 0.05) is 0 Å². The minimum atomic E-state index is -0.202. The van der Waals surface area contributed by atoms with Crippen molar-refractivity contribution in [3.8, 4) is 0 Å². The highest BCUT2D eigenvalue weighted by Crippen LogP contribution is 2.39. The molecule has 0 bridgehead atoms. The largest absolute Gasteiger partial charge is 0.348 e. The summed E-state index contributed by atoms with van der Waals surface area (Å²) in [5.74, 6) is 0.242. The third kappa shape index (κ3) is 2.38. The lowest BCUT2D eigenvalue weighted by Gasteiger charge is -2.32.